The summed E-state index contributed by atoms with van der Waals surface area (Å²) in [7, 11) is 0. The zero-order valence-electron chi connectivity index (χ0n) is 35.8. The molecule has 0 spiro atoms. The number of rotatable bonds is 43. The quantitative estimate of drug-likeness (QED) is 0.0351. The molecule has 0 aromatic heterocycles. The molecule has 6 heteroatoms. The summed E-state index contributed by atoms with van der Waals surface area (Å²) in [5, 5.41) is 0. The lowest BCUT2D eigenvalue weighted by Crippen LogP contribution is -2.30. The topological polar surface area (TPSA) is 78.9 Å². The van der Waals surface area contributed by atoms with Gasteiger partial charge >= 0.3 is 17.9 Å². The van der Waals surface area contributed by atoms with Crippen LogP contribution in [0.5, 0.6) is 0 Å². The zero-order valence-corrected chi connectivity index (χ0v) is 35.8. The van der Waals surface area contributed by atoms with Gasteiger partial charge in [-0.3, -0.25) is 14.4 Å². The summed E-state index contributed by atoms with van der Waals surface area (Å²) < 4.78 is 16.7. The van der Waals surface area contributed by atoms with Gasteiger partial charge in [0.15, 0.2) is 6.10 Å². The van der Waals surface area contributed by atoms with Crippen molar-refractivity contribution in [3.63, 3.8) is 0 Å². The van der Waals surface area contributed by atoms with Crippen LogP contribution in [0.25, 0.3) is 0 Å². The maximum Gasteiger partial charge on any atom is 0.306 e. The van der Waals surface area contributed by atoms with Crippen LogP contribution in [-0.2, 0) is 28.6 Å². The van der Waals surface area contributed by atoms with Gasteiger partial charge in [-0.1, -0.05) is 226 Å². The van der Waals surface area contributed by atoms with E-state index in [4.69, 9.17) is 14.2 Å². The third-order valence-electron chi connectivity index (χ3n) is 10.6. The fourth-order valence-electron chi connectivity index (χ4n) is 7.03. The van der Waals surface area contributed by atoms with E-state index in [0.29, 0.717) is 19.3 Å². The van der Waals surface area contributed by atoms with Crippen molar-refractivity contribution in [2.45, 2.75) is 271 Å². The molecule has 53 heavy (non-hydrogen) atoms. The third kappa shape index (κ3) is 41.4. The molecule has 0 aliphatic carbocycles. The molecule has 0 fully saturated rings. The van der Waals surface area contributed by atoms with Gasteiger partial charge in [-0.15, -0.1) is 0 Å². The van der Waals surface area contributed by atoms with Crippen LogP contribution in [0.15, 0.2) is 0 Å². The largest absolute Gasteiger partial charge is 0.462 e. The molecule has 0 bridgehead atoms. The normalized spacial score (nSPS) is 11.8. The Morgan fingerprint density at radius 2 is 0.509 bits per heavy atom. The van der Waals surface area contributed by atoms with E-state index in [1.165, 1.54) is 167 Å². The first kappa shape index (κ1) is 51.4. The van der Waals surface area contributed by atoms with Crippen molar-refractivity contribution in [3.8, 4) is 0 Å². The number of hydrogen-bond donors (Lipinski definition) is 0. The molecule has 0 aliphatic rings. The molecule has 314 valence electrons. The Morgan fingerprint density at radius 1 is 0.302 bits per heavy atom. The van der Waals surface area contributed by atoms with Gasteiger partial charge in [-0.2, -0.15) is 0 Å². The molecule has 0 rings (SSSR count). The standard InChI is InChI=1S/C47H90O6/c1-4-7-10-13-16-19-22-23-26-28-31-34-37-40-46(49)52-43-44(53-47(50)41-38-35-32-29-25-21-18-15-12-9-6-3)42-51-45(48)39-36-33-30-27-24-20-17-14-11-8-5-2/h44H,4-43H2,1-3H3/t44-/m1/s1. The first-order valence-corrected chi connectivity index (χ1v) is 23.5. The van der Waals surface area contributed by atoms with E-state index in [1.807, 2.05) is 0 Å². The molecule has 0 saturated heterocycles. The van der Waals surface area contributed by atoms with E-state index in [2.05, 4.69) is 20.8 Å². The minimum atomic E-state index is -0.757. The SMILES string of the molecule is CCCCCCCCCCCCCCCC(=O)OC[C@@H](COC(=O)CCCCCCCCCCCCC)OC(=O)CCCCCCCCCCCCC. The van der Waals surface area contributed by atoms with Gasteiger partial charge in [0.25, 0.3) is 0 Å². The van der Waals surface area contributed by atoms with Gasteiger partial charge in [-0.25, -0.2) is 0 Å². The van der Waals surface area contributed by atoms with E-state index in [1.54, 1.807) is 0 Å². The highest BCUT2D eigenvalue weighted by Gasteiger charge is 2.19. The molecule has 1 atom stereocenters. The van der Waals surface area contributed by atoms with Crippen molar-refractivity contribution < 1.29 is 28.6 Å². The highest BCUT2D eigenvalue weighted by molar-refractivity contribution is 5.71. The molecule has 0 N–H and O–H groups in total. The lowest BCUT2D eigenvalue weighted by molar-refractivity contribution is -0.167. The number of carbonyl (C=O) groups excluding carboxylic acids is 3. The second-order valence-corrected chi connectivity index (χ2v) is 16.0. The molecule has 0 aromatic rings. The van der Waals surface area contributed by atoms with Crippen LogP contribution in [0.2, 0.25) is 0 Å². The summed E-state index contributed by atoms with van der Waals surface area (Å²) in [6, 6.07) is 0. The zero-order chi connectivity index (χ0) is 38.7. The molecular formula is C47H90O6. The van der Waals surface area contributed by atoms with E-state index >= 15 is 0 Å². The van der Waals surface area contributed by atoms with E-state index in [9.17, 15) is 14.4 Å². The highest BCUT2D eigenvalue weighted by atomic mass is 16.6. The van der Waals surface area contributed by atoms with Gasteiger partial charge in [0.2, 0.25) is 0 Å². The van der Waals surface area contributed by atoms with Crippen LogP contribution in [0.4, 0.5) is 0 Å². The van der Waals surface area contributed by atoms with Gasteiger partial charge < -0.3 is 14.2 Å². The second-order valence-electron chi connectivity index (χ2n) is 16.0. The molecule has 0 amide bonds. The van der Waals surface area contributed by atoms with E-state index in [0.717, 1.165) is 57.8 Å². The number of esters is 3. The minimum Gasteiger partial charge on any atom is -0.462 e. The first-order chi connectivity index (χ1) is 26.0. The highest BCUT2D eigenvalue weighted by Crippen LogP contribution is 2.16. The van der Waals surface area contributed by atoms with Crippen molar-refractivity contribution >= 4 is 17.9 Å². The maximum absolute atomic E-state index is 12.7. The van der Waals surface area contributed by atoms with Crippen LogP contribution in [0, 0.1) is 0 Å². The fourth-order valence-corrected chi connectivity index (χ4v) is 7.03. The number of hydrogen-bond acceptors (Lipinski definition) is 6. The summed E-state index contributed by atoms with van der Waals surface area (Å²) in [4.78, 5) is 37.7. The summed E-state index contributed by atoms with van der Waals surface area (Å²) in [6.07, 6.45) is 43.6. The predicted octanol–water partition coefficient (Wildman–Crippen LogP) is 14.9. The Labute approximate surface area is 329 Å². The van der Waals surface area contributed by atoms with E-state index in [-0.39, 0.29) is 31.1 Å². The van der Waals surface area contributed by atoms with Gasteiger partial charge in [0, 0.05) is 19.3 Å². The molecular weight excluding hydrogens is 661 g/mol. The first-order valence-electron chi connectivity index (χ1n) is 23.5. The Morgan fingerprint density at radius 3 is 0.755 bits per heavy atom. The molecule has 0 radical (unpaired) electrons. The van der Waals surface area contributed by atoms with Crippen molar-refractivity contribution in [2.75, 3.05) is 13.2 Å². The Bertz CT molecular complexity index is 783. The van der Waals surface area contributed by atoms with Crippen molar-refractivity contribution in [2.24, 2.45) is 0 Å². The Balaban J connectivity index is 4.31. The van der Waals surface area contributed by atoms with Crippen molar-refractivity contribution in [3.05, 3.63) is 0 Å². The summed E-state index contributed by atoms with van der Waals surface area (Å²) >= 11 is 0. The summed E-state index contributed by atoms with van der Waals surface area (Å²) in [6.45, 7) is 6.64. The average Bonchev–Trinajstić information content (AvgIpc) is 3.15. The van der Waals surface area contributed by atoms with Crippen LogP contribution < -0.4 is 0 Å². The molecule has 0 unspecified atom stereocenters. The minimum absolute atomic E-state index is 0.0625. The van der Waals surface area contributed by atoms with Crippen LogP contribution >= 0.6 is 0 Å². The molecule has 0 aromatic carbocycles. The monoisotopic (exact) mass is 751 g/mol. The van der Waals surface area contributed by atoms with Crippen LogP contribution in [0.3, 0.4) is 0 Å². The molecule has 6 nitrogen and oxygen atoms in total. The molecule has 0 saturated carbocycles. The summed E-state index contributed by atoms with van der Waals surface area (Å²) in [5.41, 5.74) is 0. The third-order valence-corrected chi connectivity index (χ3v) is 10.6. The number of carbonyl (C=O) groups is 3. The smallest absolute Gasteiger partial charge is 0.306 e. The Kier molecular flexibility index (Phi) is 41.8. The second kappa shape index (κ2) is 43.1. The lowest BCUT2D eigenvalue weighted by Gasteiger charge is -2.18. The van der Waals surface area contributed by atoms with Crippen molar-refractivity contribution in [1.82, 2.24) is 0 Å². The van der Waals surface area contributed by atoms with Gasteiger partial charge in [0.1, 0.15) is 13.2 Å². The molecule has 0 aliphatic heterocycles. The van der Waals surface area contributed by atoms with Crippen LogP contribution in [-0.4, -0.2) is 37.2 Å². The predicted molar refractivity (Wildman–Crippen MR) is 224 cm³/mol. The number of ether oxygens (including phenoxy) is 3. The van der Waals surface area contributed by atoms with Gasteiger partial charge in [-0.05, 0) is 19.3 Å². The molecule has 0 heterocycles. The maximum atomic E-state index is 12.7. The fraction of sp³-hybridized carbons (Fsp3) is 0.936. The number of unbranched alkanes of at least 4 members (excludes halogenated alkanes) is 32. The van der Waals surface area contributed by atoms with Gasteiger partial charge in [0.05, 0.1) is 0 Å². The van der Waals surface area contributed by atoms with E-state index < -0.39 is 6.10 Å². The van der Waals surface area contributed by atoms with Crippen LogP contribution in [0.1, 0.15) is 265 Å². The lowest BCUT2D eigenvalue weighted by atomic mass is 10.0. The van der Waals surface area contributed by atoms with Crippen molar-refractivity contribution in [1.29, 1.82) is 0 Å². The average molecular weight is 751 g/mol. The Hall–Kier alpha value is -1.59. The summed E-state index contributed by atoms with van der Waals surface area (Å²) in [5.74, 6) is -0.850.